The first-order chi connectivity index (χ1) is 5.59. The Morgan fingerprint density at radius 1 is 1.17 bits per heavy atom. The molecule has 1 heterocycles. The van der Waals surface area contributed by atoms with Crippen LogP contribution in [0.1, 0.15) is 43.4 Å². The summed E-state index contributed by atoms with van der Waals surface area (Å²) in [6.45, 7) is 9.06. The van der Waals surface area contributed by atoms with Crippen LogP contribution < -0.4 is 0 Å². The van der Waals surface area contributed by atoms with Crippen LogP contribution in [0.3, 0.4) is 0 Å². The van der Waals surface area contributed by atoms with Gasteiger partial charge in [0.05, 0.1) is 0 Å². The maximum absolute atomic E-state index is 2.28. The first-order valence-corrected chi connectivity index (χ1v) is 5.50. The molecular formula is C11H18S. The molecule has 1 rings (SSSR count). The lowest BCUT2D eigenvalue weighted by Gasteiger charge is -2.01. The van der Waals surface area contributed by atoms with E-state index in [1.165, 1.54) is 16.2 Å². The van der Waals surface area contributed by atoms with Gasteiger partial charge in [0.25, 0.3) is 0 Å². The third kappa shape index (κ3) is 2.63. The van der Waals surface area contributed by atoms with Gasteiger partial charge < -0.3 is 0 Å². The first kappa shape index (κ1) is 9.79. The monoisotopic (exact) mass is 182 g/mol. The molecule has 0 radical (unpaired) electrons. The van der Waals surface area contributed by atoms with Crippen molar-refractivity contribution in [3.63, 3.8) is 0 Å². The second kappa shape index (κ2) is 4.08. The Kier molecular flexibility index (Phi) is 3.33. The highest BCUT2D eigenvalue weighted by Crippen LogP contribution is 2.25. The summed E-state index contributed by atoms with van der Waals surface area (Å²) < 4.78 is 0. The van der Waals surface area contributed by atoms with Gasteiger partial charge in [-0.3, -0.25) is 0 Å². The van der Waals surface area contributed by atoms with Crippen LogP contribution in [0.25, 0.3) is 0 Å². The molecule has 0 aliphatic carbocycles. The van der Waals surface area contributed by atoms with E-state index in [0.717, 1.165) is 5.92 Å². The van der Waals surface area contributed by atoms with Crippen molar-refractivity contribution in [3.05, 3.63) is 21.9 Å². The van der Waals surface area contributed by atoms with Gasteiger partial charge in [-0.05, 0) is 30.4 Å². The minimum atomic E-state index is 0.691. The standard InChI is InChI=1S/C11H18S/c1-8(2)7-10-5-6-11(12-10)9(3)4/h5-6,8-9H,7H2,1-4H3. The zero-order valence-corrected chi connectivity index (χ0v) is 9.24. The molecule has 0 bridgehead atoms. The van der Waals surface area contributed by atoms with Gasteiger partial charge in [-0.1, -0.05) is 27.7 Å². The smallest absolute Gasteiger partial charge is 0.00736 e. The van der Waals surface area contributed by atoms with Crippen molar-refractivity contribution in [1.82, 2.24) is 0 Å². The molecule has 0 atom stereocenters. The minimum absolute atomic E-state index is 0.691. The van der Waals surface area contributed by atoms with Gasteiger partial charge in [-0.2, -0.15) is 0 Å². The molecule has 0 unspecified atom stereocenters. The molecule has 1 aromatic rings. The summed E-state index contributed by atoms with van der Waals surface area (Å²) in [7, 11) is 0. The van der Waals surface area contributed by atoms with Crippen LogP contribution in [-0.2, 0) is 6.42 Å². The summed E-state index contributed by atoms with van der Waals surface area (Å²) >= 11 is 1.97. The molecule has 0 aromatic carbocycles. The zero-order chi connectivity index (χ0) is 9.14. The molecule has 0 amide bonds. The van der Waals surface area contributed by atoms with E-state index in [9.17, 15) is 0 Å². The van der Waals surface area contributed by atoms with Crippen molar-refractivity contribution in [2.75, 3.05) is 0 Å². The van der Waals surface area contributed by atoms with Crippen molar-refractivity contribution in [2.24, 2.45) is 5.92 Å². The van der Waals surface area contributed by atoms with Crippen LogP contribution in [0.2, 0.25) is 0 Å². The molecule has 1 aromatic heterocycles. The van der Waals surface area contributed by atoms with Crippen molar-refractivity contribution < 1.29 is 0 Å². The molecule has 0 aliphatic rings. The highest BCUT2D eigenvalue weighted by atomic mass is 32.1. The first-order valence-electron chi connectivity index (χ1n) is 4.68. The lowest BCUT2D eigenvalue weighted by Crippen LogP contribution is -1.89. The number of thiophene rings is 1. The predicted molar refractivity (Wildman–Crippen MR) is 57.0 cm³/mol. The summed E-state index contributed by atoms with van der Waals surface area (Å²) in [5.74, 6) is 1.47. The Morgan fingerprint density at radius 2 is 1.83 bits per heavy atom. The Balaban J connectivity index is 2.64. The fraction of sp³-hybridized carbons (Fsp3) is 0.636. The molecular weight excluding hydrogens is 164 g/mol. The van der Waals surface area contributed by atoms with Gasteiger partial charge in [0, 0.05) is 9.75 Å². The van der Waals surface area contributed by atoms with Crippen LogP contribution in [0.4, 0.5) is 0 Å². The fourth-order valence-corrected chi connectivity index (χ4v) is 2.44. The van der Waals surface area contributed by atoms with Crippen LogP contribution in [0, 0.1) is 5.92 Å². The maximum atomic E-state index is 2.28. The van der Waals surface area contributed by atoms with Crippen LogP contribution in [0.15, 0.2) is 12.1 Å². The third-order valence-corrected chi connectivity index (χ3v) is 3.27. The summed E-state index contributed by atoms with van der Waals surface area (Å²) in [6, 6.07) is 4.55. The van der Waals surface area contributed by atoms with E-state index in [0.29, 0.717) is 5.92 Å². The Morgan fingerprint density at radius 3 is 2.25 bits per heavy atom. The predicted octanol–water partition coefficient (Wildman–Crippen LogP) is 4.07. The Hall–Kier alpha value is -0.300. The minimum Gasteiger partial charge on any atom is -0.145 e. The summed E-state index contributed by atoms with van der Waals surface area (Å²) in [5.41, 5.74) is 0. The van der Waals surface area contributed by atoms with E-state index in [2.05, 4.69) is 39.8 Å². The summed E-state index contributed by atoms with van der Waals surface area (Å²) in [5, 5.41) is 0. The molecule has 0 fully saturated rings. The van der Waals surface area contributed by atoms with E-state index in [1.807, 2.05) is 11.3 Å². The van der Waals surface area contributed by atoms with E-state index in [-0.39, 0.29) is 0 Å². The van der Waals surface area contributed by atoms with Crippen LogP contribution >= 0.6 is 11.3 Å². The van der Waals surface area contributed by atoms with Crippen molar-refractivity contribution >= 4 is 11.3 Å². The van der Waals surface area contributed by atoms with E-state index < -0.39 is 0 Å². The van der Waals surface area contributed by atoms with Crippen molar-refractivity contribution in [3.8, 4) is 0 Å². The third-order valence-electron chi connectivity index (χ3n) is 1.86. The Bertz CT molecular complexity index is 233. The molecule has 1 heteroatoms. The topological polar surface area (TPSA) is 0 Å². The lowest BCUT2D eigenvalue weighted by atomic mass is 10.1. The second-order valence-corrected chi connectivity index (χ2v) is 5.26. The van der Waals surface area contributed by atoms with E-state index in [1.54, 1.807) is 0 Å². The van der Waals surface area contributed by atoms with E-state index >= 15 is 0 Å². The van der Waals surface area contributed by atoms with Gasteiger partial charge in [0.15, 0.2) is 0 Å². The largest absolute Gasteiger partial charge is 0.145 e. The molecule has 0 N–H and O–H groups in total. The number of hydrogen-bond acceptors (Lipinski definition) is 1. The molecule has 68 valence electrons. The second-order valence-electron chi connectivity index (χ2n) is 4.06. The quantitative estimate of drug-likeness (QED) is 0.661. The van der Waals surface area contributed by atoms with E-state index in [4.69, 9.17) is 0 Å². The van der Waals surface area contributed by atoms with Gasteiger partial charge >= 0.3 is 0 Å². The van der Waals surface area contributed by atoms with Gasteiger partial charge in [-0.25, -0.2) is 0 Å². The highest BCUT2D eigenvalue weighted by Gasteiger charge is 2.04. The SMILES string of the molecule is CC(C)Cc1ccc(C(C)C)s1. The molecule has 0 nitrogen and oxygen atoms in total. The fourth-order valence-electron chi connectivity index (χ4n) is 1.22. The molecule has 0 spiro atoms. The van der Waals surface area contributed by atoms with Gasteiger partial charge in [0.1, 0.15) is 0 Å². The normalized spacial score (nSPS) is 11.5. The molecule has 0 aliphatic heterocycles. The number of hydrogen-bond donors (Lipinski definition) is 0. The summed E-state index contributed by atoms with van der Waals surface area (Å²) in [4.78, 5) is 3.05. The zero-order valence-electron chi connectivity index (χ0n) is 8.42. The lowest BCUT2D eigenvalue weighted by molar-refractivity contribution is 0.654. The van der Waals surface area contributed by atoms with Crippen LogP contribution in [-0.4, -0.2) is 0 Å². The number of rotatable bonds is 3. The van der Waals surface area contributed by atoms with Gasteiger partial charge in [-0.15, -0.1) is 11.3 Å². The van der Waals surface area contributed by atoms with Crippen LogP contribution in [0.5, 0.6) is 0 Å². The average Bonchev–Trinajstić information content (AvgIpc) is 2.34. The van der Waals surface area contributed by atoms with Crippen molar-refractivity contribution in [1.29, 1.82) is 0 Å². The molecule has 12 heavy (non-hydrogen) atoms. The molecule has 0 saturated carbocycles. The summed E-state index contributed by atoms with van der Waals surface area (Å²) in [6.07, 6.45) is 1.23. The average molecular weight is 182 g/mol. The Labute approximate surface area is 79.6 Å². The van der Waals surface area contributed by atoms with Crippen molar-refractivity contribution in [2.45, 2.75) is 40.0 Å². The highest BCUT2D eigenvalue weighted by molar-refractivity contribution is 7.12. The maximum Gasteiger partial charge on any atom is 0.00736 e. The molecule has 0 saturated heterocycles. The van der Waals surface area contributed by atoms with Gasteiger partial charge in [0.2, 0.25) is 0 Å².